The van der Waals surface area contributed by atoms with E-state index in [1.54, 1.807) is 0 Å². The zero-order valence-corrected chi connectivity index (χ0v) is 23.0. The molecule has 0 spiro atoms. The number of hydrogen-bond acceptors (Lipinski definition) is 1. The molecule has 0 aliphatic heterocycles. The Kier molecular flexibility index (Phi) is 19.5. The van der Waals surface area contributed by atoms with Crippen molar-refractivity contribution in [3.63, 3.8) is 0 Å². The van der Waals surface area contributed by atoms with Crippen LogP contribution in [0.1, 0.15) is 144 Å². The van der Waals surface area contributed by atoms with Crippen LogP contribution in [0.3, 0.4) is 0 Å². The van der Waals surface area contributed by atoms with Gasteiger partial charge in [0.15, 0.2) is 0 Å². The summed E-state index contributed by atoms with van der Waals surface area (Å²) in [5.74, 6) is 3.71. The lowest BCUT2D eigenvalue weighted by Gasteiger charge is -2.28. The van der Waals surface area contributed by atoms with Gasteiger partial charge in [0.05, 0.1) is 5.60 Å². The molecule has 0 heterocycles. The minimum atomic E-state index is -0.502. The molecule has 1 N–H and O–H groups in total. The van der Waals surface area contributed by atoms with E-state index < -0.39 is 5.60 Å². The highest BCUT2D eigenvalue weighted by atomic mass is 16.3. The number of aliphatic hydroxyl groups is 1. The van der Waals surface area contributed by atoms with E-state index in [1.807, 2.05) is 19.9 Å². The van der Waals surface area contributed by atoms with Crippen molar-refractivity contribution in [2.24, 2.45) is 23.7 Å². The Balaban J connectivity index is 0.000000478. The topological polar surface area (TPSA) is 20.2 Å². The van der Waals surface area contributed by atoms with E-state index in [0.717, 1.165) is 36.5 Å². The van der Waals surface area contributed by atoms with E-state index in [0.29, 0.717) is 0 Å². The minimum Gasteiger partial charge on any atom is -0.390 e. The summed E-state index contributed by atoms with van der Waals surface area (Å²) in [4.78, 5) is 0. The number of hydrogen-bond donors (Lipinski definition) is 1. The van der Waals surface area contributed by atoms with Gasteiger partial charge in [0.1, 0.15) is 0 Å². The smallest absolute Gasteiger partial charge is 0.0651 e. The molecule has 1 nitrogen and oxygen atoms in total. The normalized spacial score (nSPS) is 27.1. The fraction of sp³-hybridized carbons (Fsp3) is 0.871. The van der Waals surface area contributed by atoms with Crippen molar-refractivity contribution in [2.75, 3.05) is 0 Å². The molecular formula is C31H60O. The van der Waals surface area contributed by atoms with Crippen LogP contribution in [0.2, 0.25) is 0 Å². The third kappa shape index (κ3) is 16.1. The molecule has 32 heavy (non-hydrogen) atoms. The molecule has 2 aliphatic rings. The second-order valence-electron chi connectivity index (χ2n) is 11.0. The molecule has 0 radical (unpaired) electrons. The van der Waals surface area contributed by atoms with E-state index in [1.165, 1.54) is 89.9 Å². The lowest BCUT2D eigenvalue weighted by molar-refractivity contribution is 0.0591. The van der Waals surface area contributed by atoms with Crippen molar-refractivity contribution in [3.05, 3.63) is 24.8 Å². The van der Waals surface area contributed by atoms with Gasteiger partial charge in [-0.05, 0) is 62.7 Å². The molecule has 2 saturated carbocycles. The average Bonchev–Trinajstić information content (AvgIpc) is 3.19. The second kappa shape index (κ2) is 19.9. The Morgan fingerprint density at radius 1 is 0.875 bits per heavy atom. The number of unbranched alkanes of at least 4 members (excludes halogenated alkanes) is 4. The van der Waals surface area contributed by atoms with E-state index in [2.05, 4.69) is 46.4 Å². The summed E-state index contributed by atoms with van der Waals surface area (Å²) < 4.78 is 0. The molecule has 2 rings (SSSR count). The van der Waals surface area contributed by atoms with Gasteiger partial charge in [-0.25, -0.2) is 0 Å². The Morgan fingerprint density at radius 2 is 1.53 bits per heavy atom. The Morgan fingerprint density at radius 3 is 2.06 bits per heavy atom. The third-order valence-corrected chi connectivity index (χ3v) is 7.86. The summed E-state index contributed by atoms with van der Waals surface area (Å²) in [6.45, 7) is 16.9. The molecular weight excluding hydrogens is 388 g/mol. The van der Waals surface area contributed by atoms with Gasteiger partial charge >= 0.3 is 0 Å². The molecule has 4 unspecified atom stereocenters. The van der Waals surface area contributed by atoms with Gasteiger partial charge in [-0.2, -0.15) is 0 Å². The van der Waals surface area contributed by atoms with Gasteiger partial charge in [0.25, 0.3) is 0 Å². The highest BCUT2D eigenvalue weighted by Gasteiger charge is 2.21. The van der Waals surface area contributed by atoms with Crippen molar-refractivity contribution in [2.45, 2.75) is 150 Å². The van der Waals surface area contributed by atoms with Crippen LogP contribution in [0.15, 0.2) is 24.8 Å². The molecule has 0 aromatic heterocycles. The summed E-state index contributed by atoms with van der Waals surface area (Å²) in [5, 5.41) is 9.81. The molecule has 0 bridgehead atoms. The van der Waals surface area contributed by atoms with Crippen LogP contribution in [0.4, 0.5) is 0 Å². The van der Waals surface area contributed by atoms with Crippen LogP contribution in [0.25, 0.3) is 0 Å². The Bertz CT molecular complexity index is 449. The van der Waals surface area contributed by atoms with Gasteiger partial charge in [-0.15, -0.1) is 6.58 Å². The number of allylic oxidation sites excluding steroid dienone is 2. The van der Waals surface area contributed by atoms with Crippen molar-refractivity contribution in [3.8, 4) is 0 Å². The summed E-state index contributed by atoms with van der Waals surface area (Å²) in [6.07, 6.45) is 27.7. The van der Waals surface area contributed by atoms with Crippen molar-refractivity contribution in [1.29, 1.82) is 0 Å². The van der Waals surface area contributed by atoms with Gasteiger partial charge in [0.2, 0.25) is 0 Å². The highest BCUT2D eigenvalue weighted by Crippen LogP contribution is 2.33. The Labute approximate surface area is 203 Å². The quantitative estimate of drug-likeness (QED) is 0.246. The van der Waals surface area contributed by atoms with Crippen LogP contribution in [0.5, 0.6) is 0 Å². The predicted molar refractivity (Wildman–Crippen MR) is 146 cm³/mol. The first-order valence-corrected chi connectivity index (χ1v) is 14.3. The molecule has 0 aromatic carbocycles. The first kappa shape index (κ1) is 31.4. The lowest BCUT2D eigenvalue weighted by Crippen LogP contribution is -2.21. The first-order valence-electron chi connectivity index (χ1n) is 14.3. The standard InChI is InChI=1S/C13H24O.C11H22.C7H14/c1-4-13(3,14)10-6-9-12-8-5-7-11(12)2;1-3-4-8-11-9-6-5-7-10(11)2;1-3-5-7-6-4-2/h6,9,11-12,14H,4-5,7-8,10H2,1-3H3;10-11H,3-9H2,1-2H3;3H,1,4-7H2,2H3/b9-6+;;/t11-,12?,13?;;/m1../s1. The van der Waals surface area contributed by atoms with Crippen molar-refractivity contribution >= 4 is 0 Å². The fourth-order valence-electron chi connectivity index (χ4n) is 4.93. The van der Waals surface area contributed by atoms with Gasteiger partial charge in [-0.1, -0.05) is 123 Å². The fourth-order valence-corrected chi connectivity index (χ4v) is 4.93. The van der Waals surface area contributed by atoms with Gasteiger partial charge < -0.3 is 5.11 Å². The zero-order chi connectivity index (χ0) is 24.2. The molecule has 2 fully saturated rings. The summed E-state index contributed by atoms with van der Waals surface area (Å²) in [7, 11) is 0. The maximum atomic E-state index is 9.81. The predicted octanol–water partition coefficient (Wildman–Crippen LogP) is 10.3. The van der Waals surface area contributed by atoms with Crippen LogP contribution in [-0.2, 0) is 0 Å². The van der Waals surface area contributed by atoms with Gasteiger partial charge in [0, 0.05) is 0 Å². The van der Waals surface area contributed by atoms with E-state index >= 15 is 0 Å². The first-order chi connectivity index (χ1) is 15.3. The summed E-state index contributed by atoms with van der Waals surface area (Å²) >= 11 is 0. The van der Waals surface area contributed by atoms with Gasteiger partial charge in [-0.3, -0.25) is 0 Å². The van der Waals surface area contributed by atoms with Crippen LogP contribution in [0, 0.1) is 23.7 Å². The summed E-state index contributed by atoms with van der Waals surface area (Å²) in [5.41, 5.74) is -0.502. The molecule has 1 heteroatoms. The minimum absolute atomic E-state index is 0.502. The van der Waals surface area contributed by atoms with Crippen molar-refractivity contribution in [1.82, 2.24) is 0 Å². The van der Waals surface area contributed by atoms with Crippen LogP contribution in [-0.4, -0.2) is 10.7 Å². The SMILES string of the molecule is C=CCCCCC.CCC(C)(O)C/C=C/C1CCC[C@H]1C.CCCCC1CCCCC1C. The highest BCUT2D eigenvalue weighted by molar-refractivity contribution is 4.96. The largest absolute Gasteiger partial charge is 0.390 e. The van der Waals surface area contributed by atoms with Crippen molar-refractivity contribution < 1.29 is 5.11 Å². The van der Waals surface area contributed by atoms with Crippen LogP contribution < -0.4 is 0 Å². The average molecular weight is 449 g/mol. The van der Waals surface area contributed by atoms with E-state index in [-0.39, 0.29) is 0 Å². The molecule has 0 aromatic rings. The Hall–Kier alpha value is -0.560. The second-order valence-corrected chi connectivity index (χ2v) is 11.0. The number of rotatable bonds is 11. The monoisotopic (exact) mass is 448 g/mol. The molecule has 5 atom stereocenters. The van der Waals surface area contributed by atoms with Crippen LogP contribution >= 0.6 is 0 Å². The maximum Gasteiger partial charge on any atom is 0.0651 e. The van der Waals surface area contributed by atoms with E-state index in [9.17, 15) is 5.11 Å². The molecule has 0 saturated heterocycles. The molecule has 2 aliphatic carbocycles. The molecule has 190 valence electrons. The lowest BCUT2D eigenvalue weighted by atomic mass is 9.78. The zero-order valence-electron chi connectivity index (χ0n) is 23.0. The maximum absolute atomic E-state index is 9.81. The van der Waals surface area contributed by atoms with E-state index in [4.69, 9.17) is 0 Å². The third-order valence-electron chi connectivity index (χ3n) is 7.86. The molecule has 0 amide bonds. The summed E-state index contributed by atoms with van der Waals surface area (Å²) in [6, 6.07) is 0.